The van der Waals surface area contributed by atoms with Crippen LogP contribution in [0.2, 0.25) is 0 Å². The predicted molar refractivity (Wildman–Crippen MR) is 427 cm³/mol. The Bertz CT molecular complexity index is 2640. The largest absolute Gasteiger partial charge is 0.205 e. The van der Waals surface area contributed by atoms with Gasteiger partial charge in [0.25, 0.3) is 0 Å². The average Bonchev–Trinajstić information content (AvgIpc) is 1.71. The van der Waals surface area contributed by atoms with Gasteiger partial charge in [0, 0.05) is 144 Å². The van der Waals surface area contributed by atoms with Crippen LogP contribution in [0.1, 0.15) is 301 Å². The number of aryl methyl sites for hydroxylation is 16. The molecule has 0 aromatic carbocycles. The van der Waals surface area contributed by atoms with Crippen LogP contribution in [-0.2, 0) is 104 Å². The third kappa shape index (κ3) is 36.0. The van der Waals surface area contributed by atoms with Crippen LogP contribution in [0.3, 0.4) is 0 Å². The van der Waals surface area contributed by atoms with Gasteiger partial charge in [-0.1, -0.05) is 103 Å². The van der Waals surface area contributed by atoms with Crippen LogP contribution < -0.4 is 36.5 Å². The highest BCUT2D eigenvalue weighted by Gasteiger charge is 2.13. The van der Waals surface area contributed by atoms with Crippen LogP contribution in [0.25, 0.3) is 0 Å². The molecule has 0 N–H and O–H groups in total. The van der Waals surface area contributed by atoms with Crippen LogP contribution in [-0.4, -0.2) is 0 Å². The molecule has 8 heteroatoms. The number of pyridine rings is 8. The number of hydrogen-bond acceptors (Lipinski definition) is 0. The second kappa shape index (κ2) is 52.2. The van der Waals surface area contributed by atoms with Crippen molar-refractivity contribution in [2.45, 2.75) is 361 Å². The van der Waals surface area contributed by atoms with Crippen molar-refractivity contribution >= 4 is 0 Å². The molecule has 0 saturated carbocycles. The molecule has 16 bridgehead atoms. The maximum absolute atomic E-state index is 2.45. The first kappa shape index (κ1) is 81.3. The van der Waals surface area contributed by atoms with Gasteiger partial charge < -0.3 is 0 Å². The Morgan fingerprint density at radius 3 is 0.356 bits per heavy atom. The van der Waals surface area contributed by atoms with E-state index in [2.05, 4.69) is 233 Å². The van der Waals surface area contributed by atoms with E-state index in [-0.39, 0.29) is 0 Å². The van der Waals surface area contributed by atoms with E-state index >= 15 is 0 Å². The summed E-state index contributed by atoms with van der Waals surface area (Å²) in [5, 5.41) is 0. The van der Waals surface area contributed by atoms with E-state index in [9.17, 15) is 0 Å². The van der Waals surface area contributed by atoms with Crippen LogP contribution >= 0.6 is 0 Å². The molecule has 560 valence electrons. The van der Waals surface area contributed by atoms with Crippen molar-refractivity contribution in [2.24, 2.45) is 0 Å². The standard InChI is InChI=1S/C96H144N8/c1-9-25-49-89-57-41-74-98(81-89)66-34-18-3-11-27-51-91-59-43-76-100(83-91)68-36-20-5-13-29-53-93-61-45-78-102(85-93)70-38-22-7-15-31-55-95-63-47-80-104(87-95)72-40-24-8-16-32-56-96-64-48-79-103(88-96)71-39-23-6-14-30-54-94-62-46-77-101(86-94)69-37-21-4-12-28-52-92-60-44-75-99(84-92)67-35-19-2-10-26-50-90-58-42-73-97(82-90)65-33-17-1/h41-48,57-64,73-88H,1-40,49-56,65-72H2/q+8. The molecule has 0 fully saturated rings. The molecule has 104 heavy (non-hydrogen) atoms. The number of hydrogen-bond donors (Lipinski definition) is 0. The average molecular weight is 1410 g/mol. The van der Waals surface area contributed by atoms with E-state index in [0.29, 0.717) is 0 Å². The zero-order chi connectivity index (χ0) is 71.5. The molecule has 1 aliphatic rings. The fraction of sp³-hybridized carbons (Fsp3) is 0.583. The van der Waals surface area contributed by atoms with Crippen molar-refractivity contribution in [1.29, 1.82) is 0 Å². The quantitative estimate of drug-likeness (QED) is 0.136. The normalized spacial score (nSPS) is 18.2. The number of fused-ring (bicyclic) bond motifs is 16. The second-order valence-electron chi connectivity index (χ2n) is 31.7. The lowest BCUT2D eigenvalue weighted by Crippen LogP contribution is -2.33. The summed E-state index contributed by atoms with van der Waals surface area (Å²) in [5.41, 5.74) is 12.0. The highest BCUT2D eigenvalue weighted by atomic mass is 15.0. The summed E-state index contributed by atoms with van der Waals surface area (Å²) in [6, 6.07) is 36.9. The van der Waals surface area contributed by atoms with Gasteiger partial charge in [0.15, 0.2) is 99.1 Å². The third-order valence-corrected chi connectivity index (χ3v) is 22.4. The van der Waals surface area contributed by atoms with Gasteiger partial charge in [0.05, 0.1) is 0 Å². The van der Waals surface area contributed by atoms with E-state index < -0.39 is 0 Å². The number of rotatable bonds is 0. The lowest BCUT2D eigenvalue weighted by molar-refractivity contribution is -0.697. The van der Waals surface area contributed by atoms with Crippen molar-refractivity contribution in [1.82, 2.24) is 0 Å². The molecule has 8 aromatic rings. The van der Waals surface area contributed by atoms with Crippen molar-refractivity contribution in [2.75, 3.05) is 0 Å². The number of nitrogens with zero attached hydrogens (tertiary/aromatic N) is 8. The first-order valence-corrected chi connectivity index (χ1v) is 43.4. The Kier molecular flexibility index (Phi) is 40.8. The van der Waals surface area contributed by atoms with E-state index in [4.69, 9.17) is 0 Å². The first-order chi connectivity index (χ1) is 51.6. The maximum Gasteiger partial charge on any atom is 0.171 e. The zero-order valence-corrected chi connectivity index (χ0v) is 65.7. The molecule has 0 spiro atoms. The number of aromatic nitrogens is 8. The van der Waals surface area contributed by atoms with E-state index in [1.807, 2.05) is 0 Å². The lowest BCUT2D eigenvalue weighted by Gasteiger charge is -2.05. The molecule has 0 saturated heterocycles. The molecule has 8 aromatic heterocycles. The van der Waals surface area contributed by atoms with E-state index in [0.717, 1.165) is 52.4 Å². The molecule has 0 unspecified atom stereocenters. The highest BCUT2D eigenvalue weighted by Crippen LogP contribution is 2.17. The van der Waals surface area contributed by atoms with Gasteiger partial charge in [-0.15, -0.1) is 0 Å². The Labute approximate surface area is 634 Å². The molecular formula is C96H144N8+8. The molecule has 9 heterocycles. The summed E-state index contributed by atoms with van der Waals surface area (Å²) < 4.78 is 19.6. The van der Waals surface area contributed by atoms with E-state index in [1.165, 1.54) is 353 Å². The lowest BCUT2D eigenvalue weighted by atomic mass is 10.1. The maximum atomic E-state index is 2.45. The summed E-state index contributed by atoms with van der Waals surface area (Å²) in [7, 11) is 0. The summed E-state index contributed by atoms with van der Waals surface area (Å²) in [6.07, 6.45) is 99.7. The Morgan fingerprint density at radius 2 is 0.231 bits per heavy atom. The van der Waals surface area contributed by atoms with Gasteiger partial charge in [0.1, 0.15) is 52.4 Å². The van der Waals surface area contributed by atoms with Crippen LogP contribution in [0.4, 0.5) is 0 Å². The van der Waals surface area contributed by atoms with Crippen LogP contribution in [0, 0.1) is 0 Å². The summed E-state index contributed by atoms with van der Waals surface area (Å²) in [4.78, 5) is 0. The highest BCUT2D eigenvalue weighted by molar-refractivity contribution is 5.10. The topological polar surface area (TPSA) is 31.0 Å². The first-order valence-electron chi connectivity index (χ1n) is 43.4. The fourth-order valence-corrected chi connectivity index (χ4v) is 16.1. The zero-order valence-electron chi connectivity index (χ0n) is 65.7. The van der Waals surface area contributed by atoms with Crippen LogP contribution in [0.5, 0.6) is 0 Å². The molecule has 0 atom stereocenters. The summed E-state index contributed by atoms with van der Waals surface area (Å²) in [5.74, 6) is 0. The molecule has 0 aliphatic carbocycles. The monoisotopic (exact) mass is 1410 g/mol. The van der Waals surface area contributed by atoms with Gasteiger partial charge >= 0.3 is 0 Å². The van der Waals surface area contributed by atoms with Gasteiger partial charge in [-0.05, 0) is 203 Å². The minimum absolute atomic E-state index is 1.14. The second-order valence-corrected chi connectivity index (χ2v) is 31.7. The van der Waals surface area contributed by atoms with Gasteiger partial charge in [-0.25, -0.2) is 36.5 Å². The van der Waals surface area contributed by atoms with E-state index in [1.54, 1.807) is 0 Å². The fourth-order valence-electron chi connectivity index (χ4n) is 16.1. The Balaban J connectivity index is 0.636. The van der Waals surface area contributed by atoms with Gasteiger partial charge in [0.2, 0.25) is 0 Å². The van der Waals surface area contributed by atoms with Gasteiger partial charge in [-0.2, -0.15) is 0 Å². The van der Waals surface area contributed by atoms with Crippen molar-refractivity contribution in [3.8, 4) is 0 Å². The molecule has 9 rings (SSSR count). The summed E-state index contributed by atoms with van der Waals surface area (Å²) in [6.45, 7) is 9.11. The van der Waals surface area contributed by atoms with Crippen LogP contribution in [0.15, 0.2) is 196 Å². The minimum atomic E-state index is 1.14. The molecular weight excluding hydrogens is 1270 g/mol. The molecule has 0 amide bonds. The third-order valence-electron chi connectivity index (χ3n) is 22.4. The minimum Gasteiger partial charge on any atom is -0.205 e. The molecule has 0 radical (unpaired) electrons. The van der Waals surface area contributed by atoms with Crippen molar-refractivity contribution in [3.05, 3.63) is 241 Å². The van der Waals surface area contributed by atoms with Crippen molar-refractivity contribution < 1.29 is 36.5 Å². The molecule has 8 nitrogen and oxygen atoms in total. The van der Waals surface area contributed by atoms with Gasteiger partial charge in [-0.3, -0.25) is 0 Å². The Morgan fingerprint density at radius 1 is 0.125 bits per heavy atom. The smallest absolute Gasteiger partial charge is 0.171 e. The molecule has 1 aliphatic heterocycles. The Hall–Kier alpha value is -6.80. The summed E-state index contributed by atoms with van der Waals surface area (Å²) >= 11 is 0. The SMILES string of the molecule is c1cc2c[n+](c1)CCCCCCCc1ccc[n+](c1)CCCCCCCc1ccc[n+](c1)CCCCCCCc1ccc[n+](c1)CCCCCCCc1ccc[n+](c1)CCCCCCCc1ccc[n+](c1)CCCCCCCc1ccc[n+](c1)CCCCCCCc1ccc[n+](c1)CCCCCCC2. The van der Waals surface area contributed by atoms with Crippen molar-refractivity contribution in [3.63, 3.8) is 0 Å². The predicted octanol–water partition coefficient (Wildman–Crippen LogP) is 19.8.